The summed E-state index contributed by atoms with van der Waals surface area (Å²) in [7, 11) is 0. The highest BCUT2D eigenvalue weighted by molar-refractivity contribution is 6.00. The molecule has 0 aromatic heterocycles. The molecule has 0 saturated carbocycles. The lowest BCUT2D eigenvalue weighted by Gasteiger charge is -2.10. The zero-order valence-corrected chi connectivity index (χ0v) is 9.37. The summed E-state index contributed by atoms with van der Waals surface area (Å²) in [4.78, 5) is 11.1. The van der Waals surface area contributed by atoms with Gasteiger partial charge in [0, 0.05) is 25.1 Å². The van der Waals surface area contributed by atoms with Crippen LogP contribution in [0.1, 0.15) is 22.3 Å². The van der Waals surface area contributed by atoms with Gasteiger partial charge >= 0.3 is 0 Å². The second-order valence-electron chi connectivity index (χ2n) is 3.94. The van der Waals surface area contributed by atoms with Crippen LogP contribution in [0, 0.1) is 0 Å². The summed E-state index contributed by atoms with van der Waals surface area (Å²) in [5.41, 5.74) is 2.15. The fraction of sp³-hybridized carbons (Fsp3) is 0.462. The molecule has 0 amide bonds. The number of aryl methyl sites for hydroxylation is 1. The molecule has 1 heterocycles. The molecule has 1 aromatic rings. The lowest BCUT2D eigenvalue weighted by molar-refractivity contribution is 0.0994. The molecule has 86 valence electrons. The van der Waals surface area contributed by atoms with Gasteiger partial charge in [0.05, 0.1) is 13.2 Å². The van der Waals surface area contributed by atoms with E-state index in [2.05, 4.69) is 5.32 Å². The number of rotatable bonds is 0. The number of ether oxygens (including phenoxy) is 1. The first kappa shape index (κ1) is 11.3. The summed E-state index contributed by atoms with van der Waals surface area (Å²) in [6.45, 7) is 3.83. The van der Waals surface area contributed by atoms with Crippen molar-refractivity contribution in [3.63, 3.8) is 0 Å². The molecular weight excluding hydrogens is 202 g/mol. The Labute approximate surface area is 95.8 Å². The fourth-order valence-electron chi connectivity index (χ4n) is 1.91. The molecule has 0 radical (unpaired) electrons. The van der Waals surface area contributed by atoms with Crippen LogP contribution >= 0.6 is 0 Å². The van der Waals surface area contributed by atoms with Gasteiger partial charge in [-0.1, -0.05) is 24.3 Å². The average molecular weight is 219 g/mol. The number of nitrogens with one attached hydrogen (secondary N) is 1. The molecule has 1 aromatic carbocycles. The number of hydrogen-bond donors (Lipinski definition) is 1. The highest BCUT2D eigenvalue weighted by atomic mass is 16.5. The van der Waals surface area contributed by atoms with Crippen LogP contribution in [-0.2, 0) is 11.2 Å². The molecule has 0 unspecified atom stereocenters. The first-order chi connectivity index (χ1) is 7.88. The minimum atomic E-state index is 0.301. The van der Waals surface area contributed by atoms with Gasteiger partial charge in [-0.15, -0.1) is 0 Å². The van der Waals surface area contributed by atoms with Gasteiger partial charge in [0.25, 0.3) is 0 Å². The highest BCUT2D eigenvalue weighted by Gasteiger charge is 2.17. The monoisotopic (exact) mass is 219 g/mol. The SMILES string of the molecule is C1COCCN1.O=C1CCc2ccccc21. The molecular formula is C13H17NO2. The zero-order chi connectivity index (χ0) is 11.2. The Morgan fingerprint density at radius 1 is 1.06 bits per heavy atom. The standard InChI is InChI=1S/C9H8O.C4H9NO/c10-9-6-5-7-3-1-2-4-8(7)9;1-3-6-4-2-5-1/h1-4H,5-6H2;5H,1-4H2. The molecule has 2 aliphatic rings. The fourth-order valence-corrected chi connectivity index (χ4v) is 1.91. The number of carbonyl (C=O) groups excluding carboxylic acids is 1. The molecule has 1 aliphatic heterocycles. The van der Waals surface area contributed by atoms with E-state index in [0.29, 0.717) is 12.2 Å². The molecule has 3 nitrogen and oxygen atoms in total. The van der Waals surface area contributed by atoms with E-state index in [1.807, 2.05) is 24.3 Å². The van der Waals surface area contributed by atoms with Gasteiger partial charge in [0.1, 0.15) is 0 Å². The van der Waals surface area contributed by atoms with Crippen LogP contribution < -0.4 is 5.32 Å². The minimum absolute atomic E-state index is 0.301. The normalized spacial score (nSPS) is 18.6. The van der Waals surface area contributed by atoms with Crippen molar-refractivity contribution in [1.82, 2.24) is 5.32 Å². The van der Waals surface area contributed by atoms with Gasteiger partial charge in [-0.3, -0.25) is 4.79 Å². The molecule has 16 heavy (non-hydrogen) atoms. The summed E-state index contributed by atoms with van der Waals surface area (Å²) in [5.74, 6) is 0.301. The predicted molar refractivity (Wildman–Crippen MR) is 62.8 cm³/mol. The van der Waals surface area contributed by atoms with Crippen LogP contribution in [0.15, 0.2) is 24.3 Å². The summed E-state index contributed by atoms with van der Waals surface area (Å²) in [5, 5.41) is 3.16. The van der Waals surface area contributed by atoms with Gasteiger partial charge in [0.2, 0.25) is 0 Å². The van der Waals surface area contributed by atoms with Crippen LogP contribution in [-0.4, -0.2) is 32.1 Å². The third-order valence-electron chi connectivity index (χ3n) is 2.79. The van der Waals surface area contributed by atoms with Crippen molar-refractivity contribution >= 4 is 5.78 Å². The van der Waals surface area contributed by atoms with E-state index in [1.165, 1.54) is 5.56 Å². The van der Waals surface area contributed by atoms with Crippen molar-refractivity contribution in [2.24, 2.45) is 0 Å². The first-order valence-corrected chi connectivity index (χ1v) is 5.77. The lowest BCUT2D eigenvalue weighted by atomic mass is 10.1. The maximum Gasteiger partial charge on any atom is 0.163 e. The van der Waals surface area contributed by atoms with Crippen molar-refractivity contribution in [3.05, 3.63) is 35.4 Å². The van der Waals surface area contributed by atoms with E-state index in [1.54, 1.807) is 0 Å². The Morgan fingerprint density at radius 2 is 1.81 bits per heavy atom. The van der Waals surface area contributed by atoms with Crippen molar-refractivity contribution in [3.8, 4) is 0 Å². The first-order valence-electron chi connectivity index (χ1n) is 5.77. The van der Waals surface area contributed by atoms with Gasteiger partial charge in [-0.05, 0) is 12.0 Å². The quantitative estimate of drug-likeness (QED) is 0.717. The Kier molecular flexibility index (Phi) is 4.08. The molecule has 3 heteroatoms. The third kappa shape index (κ3) is 2.90. The molecule has 1 aliphatic carbocycles. The summed E-state index contributed by atoms with van der Waals surface area (Å²) in [6, 6.07) is 7.84. The maximum atomic E-state index is 11.1. The van der Waals surface area contributed by atoms with Crippen molar-refractivity contribution in [2.75, 3.05) is 26.3 Å². The van der Waals surface area contributed by atoms with Gasteiger partial charge in [-0.2, -0.15) is 0 Å². The van der Waals surface area contributed by atoms with Crippen LogP contribution in [0.4, 0.5) is 0 Å². The van der Waals surface area contributed by atoms with Crippen molar-refractivity contribution in [1.29, 1.82) is 0 Å². The molecule has 3 rings (SSSR count). The lowest BCUT2D eigenvalue weighted by Crippen LogP contribution is -2.30. The molecule has 1 fully saturated rings. The molecule has 0 bridgehead atoms. The van der Waals surface area contributed by atoms with Crippen LogP contribution in [0.5, 0.6) is 0 Å². The average Bonchev–Trinajstić information content (AvgIpc) is 2.75. The van der Waals surface area contributed by atoms with E-state index in [9.17, 15) is 4.79 Å². The number of morpholine rings is 1. The highest BCUT2D eigenvalue weighted by Crippen LogP contribution is 2.20. The minimum Gasteiger partial charge on any atom is -0.379 e. The van der Waals surface area contributed by atoms with Crippen LogP contribution in [0.25, 0.3) is 0 Å². The maximum absolute atomic E-state index is 11.1. The van der Waals surface area contributed by atoms with E-state index in [4.69, 9.17) is 4.74 Å². The molecule has 1 N–H and O–H groups in total. The number of Topliss-reactive ketones (excluding diaryl/α,β-unsaturated/α-hetero) is 1. The van der Waals surface area contributed by atoms with Crippen molar-refractivity contribution < 1.29 is 9.53 Å². The van der Waals surface area contributed by atoms with Crippen LogP contribution in [0.3, 0.4) is 0 Å². The van der Waals surface area contributed by atoms with E-state index >= 15 is 0 Å². The number of hydrogen-bond acceptors (Lipinski definition) is 3. The van der Waals surface area contributed by atoms with Gasteiger partial charge < -0.3 is 10.1 Å². The second-order valence-corrected chi connectivity index (χ2v) is 3.94. The predicted octanol–water partition coefficient (Wildman–Crippen LogP) is 1.42. The van der Waals surface area contributed by atoms with E-state index in [0.717, 1.165) is 38.3 Å². The Hall–Kier alpha value is -1.19. The second kappa shape index (κ2) is 5.77. The van der Waals surface area contributed by atoms with Gasteiger partial charge in [-0.25, -0.2) is 0 Å². The topological polar surface area (TPSA) is 38.3 Å². The van der Waals surface area contributed by atoms with E-state index in [-0.39, 0.29) is 0 Å². The molecule has 0 atom stereocenters. The van der Waals surface area contributed by atoms with Crippen molar-refractivity contribution in [2.45, 2.75) is 12.8 Å². The largest absolute Gasteiger partial charge is 0.379 e. The smallest absolute Gasteiger partial charge is 0.163 e. The van der Waals surface area contributed by atoms with Gasteiger partial charge in [0.15, 0.2) is 5.78 Å². The Balaban J connectivity index is 0.000000138. The summed E-state index contributed by atoms with van der Waals surface area (Å²) in [6.07, 6.45) is 1.65. The van der Waals surface area contributed by atoms with Crippen LogP contribution in [0.2, 0.25) is 0 Å². The molecule has 0 spiro atoms. The summed E-state index contributed by atoms with van der Waals surface area (Å²) >= 11 is 0. The summed E-state index contributed by atoms with van der Waals surface area (Å²) < 4.78 is 5.01. The Morgan fingerprint density at radius 3 is 2.38 bits per heavy atom. The number of carbonyl (C=O) groups is 1. The number of benzene rings is 1. The number of fused-ring (bicyclic) bond motifs is 1. The zero-order valence-electron chi connectivity index (χ0n) is 9.37. The van der Waals surface area contributed by atoms with E-state index < -0.39 is 0 Å². The molecule has 1 saturated heterocycles. The third-order valence-corrected chi connectivity index (χ3v) is 2.79. The Bertz CT molecular complexity index is 347. The number of ketones is 1.